The summed E-state index contributed by atoms with van der Waals surface area (Å²) in [6.45, 7) is 6.99. The molecule has 4 rings (SSSR count). The topological polar surface area (TPSA) is 67.8 Å². The molecule has 2 aromatic rings. The summed E-state index contributed by atoms with van der Waals surface area (Å²) in [7, 11) is 0. The van der Waals surface area contributed by atoms with Crippen LogP contribution in [0.2, 0.25) is 0 Å². The molecule has 0 fully saturated rings. The first-order valence-corrected chi connectivity index (χ1v) is 9.54. The molecule has 0 amide bonds. The molecule has 2 heterocycles. The van der Waals surface area contributed by atoms with Crippen LogP contribution in [0, 0.1) is 13.8 Å². The fraction of sp³-hybridized carbons (Fsp3) is 0.261. The van der Waals surface area contributed by atoms with Crippen LogP contribution in [0.25, 0.3) is 22.4 Å². The molecule has 0 bridgehead atoms. The van der Waals surface area contributed by atoms with Crippen LogP contribution >= 0.6 is 0 Å². The number of aromatic nitrogens is 3. The van der Waals surface area contributed by atoms with Crippen molar-refractivity contribution < 1.29 is 0 Å². The van der Waals surface area contributed by atoms with Crippen LogP contribution in [0.15, 0.2) is 58.1 Å². The molecule has 0 saturated carbocycles. The van der Waals surface area contributed by atoms with E-state index in [4.69, 9.17) is 0 Å². The number of hydrogen-bond acceptors (Lipinski definition) is 3. The molecule has 0 aliphatic carbocycles. The third-order valence-electron chi connectivity index (χ3n) is 5.52. The first kappa shape index (κ1) is 18.2. The molecule has 0 aromatic heterocycles. The minimum atomic E-state index is -0.438. The van der Waals surface area contributed by atoms with Gasteiger partial charge in [-0.05, 0) is 55.0 Å². The van der Waals surface area contributed by atoms with Crippen LogP contribution in [0.1, 0.15) is 36.0 Å². The van der Waals surface area contributed by atoms with Gasteiger partial charge in [0.05, 0.1) is 16.7 Å². The maximum Gasteiger partial charge on any atom is 0.278 e. The van der Waals surface area contributed by atoms with Gasteiger partial charge in [-0.25, -0.2) is 4.98 Å². The van der Waals surface area contributed by atoms with E-state index in [0.717, 1.165) is 28.6 Å². The van der Waals surface area contributed by atoms with Crippen LogP contribution in [-0.4, -0.2) is 14.5 Å². The van der Waals surface area contributed by atoms with E-state index in [1.54, 1.807) is 0 Å². The number of aryl methyl sites for hydroxylation is 3. The highest BCUT2D eigenvalue weighted by Crippen LogP contribution is 2.27. The number of H-pyrrole nitrogens is 1. The van der Waals surface area contributed by atoms with Gasteiger partial charge in [0.25, 0.3) is 11.1 Å². The first-order chi connectivity index (χ1) is 13.4. The van der Waals surface area contributed by atoms with Gasteiger partial charge < -0.3 is 4.57 Å². The highest BCUT2D eigenvalue weighted by molar-refractivity contribution is 5.81. The Hall–Kier alpha value is -3.21. The highest BCUT2D eigenvalue weighted by atomic mass is 16.2. The van der Waals surface area contributed by atoms with Crippen molar-refractivity contribution in [3.05, 3.63) is 85.9 Å². The molecule has 2 aromatic carbocycles. The Kier molecular flexibility index (Phi) is 4.59. The van der Waals surface area contributed by atoms with Gasteiger partial charge in [-0.15, -0.1) is 0 Å². The molecule has 2 aliphatic heterocycles. The number of fused-ring (bicyclic) bond motifs is 2. The Labute approximate surface area is 163 Å². The van der Waals surface area contributed by atoms with Crippen molar-refractivity contribution in [3.8, 4) is 11.4 Å². The predicted molar refractivity (Wildman–Crippen MR) is 112 cm³/mol. The molecule has 2 aliphatic rings. The summed E-state index contributed by atoms with van der Waals surface area (Å²) in [5, 5.41) is 0. The van der Waals surface area contributed by atoms with E-state index >= 15 is 0 Å². The lowest BCUT2D eigenvalue weighted by Gasteiger charge is -2.20. The molecule has 28 heavy (non-hydrogen) atoms. The normalized spacial score (nSPS) is 12.5. The number of aromatic amines is 1. The lowest BCUT2D eigenvalue weighted by molar-refractivity contribution is 0.587. The summed E-state index contributed by atoms with van der Waals surface area (Å²) < 4.78 is 2.07. The van der Waals surface area contributed by atoms with Crippen LogP contribution in [0.3, 0.4) is 0 Å². The smallest absolute Gasteiger partial charge is 0.278 e. The lowest BCUT2D eigenvalue weighted by atomic mass is 9.97. The number of nitrogens with zero attached hydrogens (tertiary/aromatic N) is 2. The largest absolute Gasteiger partial charge is 0.338 e. The standard InChI is InChI=1S/C23H23N3O2/c1-14(17-7-5-4-6-8-17)9-10-26-19-12-16(3)15(2)11-18(19)24-22-20(26)13-21(27)25-23(22)28/h4-8,11-14H,9-10H2,1-3H3,(H,25,27,28). The van der Waals surface area contributed by atoms with E-state index in [1.807, 2.05) is 31.2 Å². The number of nitrogens with one attached hydrogen (secondary N) is 1. The third-order valence-corrected chi connectivity index (χ3v) is 5.52. The Morgan fingerprint density at radius 2 is 1.75 bits per heavy atom. The Bertz CT molecular complexity index is 1240. The van der Waals surface area contributed by atoms with Gasteiger partial charge in [0, 0.05) is 12.6 Å². The quantitative estimate of drug-likeness (QED) is 0.550. The molecule has 5 heteroatoms. The SMILES string of the molecule is Cc1cc2nc3c(=O)[nH]c(=O)cc-3n(CCC(C)c3ccccc3)c2cc1C. The van der Waals surface area contributed by atoms with Crippen molar-refractivity contribution in [1.82, 2.24) is 14.5 Å². The third kappa shape index (κ3) is 3.24. The minimum Gasteiger partial charge on any atom is -0.338 e. The molecule has 1 unspecified atom stereocenters. The van der Waals surface area contributed by atoms with Gasteiger partial charge in [0.2, 0.25) is 0 Å². The van der Waals surface area contributed by atoms with E-state index < -0.39 is 11.1 Å². The molecular weight excluding hydrogens is 350 g/mol. The second kappa shape index (κ2) is 7.08. The molecule has 142 valence electrons. The number of hydrogen-bond donors (Lipinski definition) is 1. The van der Waals surface area contributed by atoms with E-state index in [0.29, 0.717) is 23.9 Å². The summed E-state index contributed by atoms with van der Waals surface area (Å²) in [6.07, 6.45) is 0.886. The van der Waals surface area contributed by atoms with E-state index in [9.17, 15) is 9.59 Å². The van der Waals surface area contributed by atoms with Crippen LogP contribution in [-0.2, 0) is 6.54 Å². The Balaban J connectivity index is 1.87. The first-order valence-electron chi connectivity index (χ1n) is 9.54. The number of rotatable bonds is 4. The van der Waals surface area contributed by atoms with Crippen LogP contribution in [0.5, 0.6) is 0 Å². The molecule has 5 nitrogen and oxygen atoms in total. The molecule has 1 atom stereocenters. The lowest BCUT2D eigenvalue weighted by Crippen LogP contribution is -2.25. The summed E-state index contributed by atoms with van der Waals surface area (Å²) >= 11 is 0. The van der Waals surface area contributed by atoms with Crippen molar-refractivity contribution in [2.75, 3.05) is 0 Å². The minimum absolute atomic E-state index is 0.308. The predicted octanol–water partition coefficient (Wildman–Crippen LogP) is 4.00. The fourth-order valence-corrected chi connectivity index (χ4v) is 3.68. The molecule has 0 saturated heterocycles. The number of benzene rings is 2. The number of pyridine rings is 1. The van der Waals surface area contributed by atoms with Crippen LogP contribution in [0.4, 0.5) is 0 Å². The monoisotopic (exact) mass is 373 g/mol. The second-order valence-corrected chi connectivity index (χ2v) is 7.49. The average molecular weight is 373 g/mol. The van der Waals surface area contributed by atoms with Gasteiger partial charge in [-0.3, -0.25) is 14.6 Å². The summed E-state index contributed by atoms with van der Waals surface area (Å²) in [4.78, 5) is 31.2. The maximum atomic E-state index is 12.4. The average Bonchev–Trinajstić information content (AvgIpc) is 2.67. The zero-order valence-corrected chi connectivity index (χ0v) is 16.3. The Morgan fingerprint density at radius 1 is 1.04 bits per heavy atom. The second-order valence-electron chi connectivity index (χ2n) is 7.49. The molecule has 0 spiro atoms. The summed E-state index contributed by atoms with van der Waals surface area (Å²) in [6, 6.07) is 15.9. The van der Waals surface area contributed by atoms with Crippen molar-refractivity contribution in [2.45, 2.75) is 39.7 Å². The van der Waals surface area contributed by atoms with Gasteiger partial charge in [0.15, 0.2) is 5.69 Å². The van der Waals surface area contributed by atoms with Crippen molar-refractivity contribution in [3.63, 3.8) is 0 Å². The van der Waals surface area contributed by atoms with Gasteiger partial charge >= 0.3 is 0 Å². The molecule has 0 radical (unpaired) electrons. The van der Waals surface area contributed by atoms with Gasteiger partial charge in [-0.1, -0.05) is 37.3 Å². The van der Waals surface area contributed by atoms with Gasteiger partial charge in [0.1, 0.15) is 0 Å². The fourth-order valence-electron chi connectivity index (χ4n) is 3.68. The Morgan fingerprint density at radius 3 is 2.50 bits per heavy atom. The molecular formula is C23H23N3O2. The zero-order chi connectivity index (χ0) is 19.8. The zero-order valence-electron chi connectivity index (χ0n) is 16.3. The summed E-state index contributed by atoms with van der Waals surface area (Å²) in [5.74, 6) is 0.354. The van der Waals surface area contributed by atoms with E-state index in [-0.39, 0.29) is 0 Å². The van der Waals surface area contributed by atoms with E-state index in [2.05, 4.69) is 46.6 Å². The van der Waals surface area contributed by atoms with E-state index in [1.165, 1.54) is 11.6 Å². The van der Waals surface area contributed by atoms with Crippen molar-refractivity contribution in [2.24, 2.45) is 0 Å². The van der Waals surface area contributed by atoms with Crippen molar-refractivity contribution >= 4 is 11.0 Å². The summed E-state index contributed by atoms with van der Waals surface area (Å²) in [5.41, 5.74) is 5.34. The highest BCUT2D eigenvalue weighted by Gasteiger charge is 2.18. The maximum absolute atomic E-state index is 12.4. The van der Waals surface area contributed by atoms with Crippen molar-refractivity contribution in [1.29, 1.82) is 0 Å². The van der Waals surface area contributed by atoms with Gasteiger partial charge in [-0.2, -0.15) is 0 Å². The molecule has 1 N–H and O–H groups in total. The van der Waals surface area contributed by atoms with Crippen LogP contribution < -0.4 is 11.1 Å².